The first-order valence-electron chi connectivity index (χ1n) is 8.02. The van der Waals surface area contributed by atoms with Crippen molar-refractivity contribution in [3.05, 3.63) is 59.8 Å². The second-order valence-electron chi connectivity index (χ2n) is 6.51. The third-order valence-electron chi connectivity index (χ3n) is 5.31. The van der Waals surface area contributed by atoms with Crippen LogP contribution in [0.1, 0.15) is 12.0 Å². The Hall–Kier alpha value is -2.36. The number of ketones is 1. The van der Waals surface area contributed by atoms with Crippen LogP contribution in [0.2, 0.25) is 0 Å². The number of amides is 1. The summed E-state index contributed by atoms with van der Waals surface area (Å²) in [5.74, 6) is 1.00. The molecule has 0 aromatic heterocycles. The van der Waals surface area contributed by atoms with Crippen molar-refractivity contribution in [1.29, 1.82) is 0 Å². The third-order valence-corrected chi connectivity index (χ3v) is 5.31. The van der Waals surface area contributed by atoms with E-state index in [0.29, 0.717) is 18.4 Å². The van der Waals surface area contributed by atoms with Gasteiger partial charge in [0.2, 0.25) is 0 Å². The molecular formula is C19H19NO3. The summed E-state index contributed by atoms with van der Waals surface area (Å²) >= 11 is 0. The van der Waals surface area contributed by atoms with E-state index in [1.807, 2.05) is 30.3 Å². The maximum Gasteiger partial charge on any atom is 0.414 e. The fourth-order valence-corrected chi connectivity index (χ4v) is 4.35. The van der Waals surface area contributed by atoms with Gasteiger partial charge in [-0.2, -0.15) is 0 Å². The molecule has 0 spiro atoms. The molecule has 0 unspecified atom stereocenters. The lowest BCUT2D eigenvalue weighted by molar-refractivity contribution is -0.118. The Morgan fingerprint density at radius 3 is 2.57 bits per heavy atom. The second kappa shape index (κ2) is 5.37. The first kappa shape index (κ1) is 14.2. The van der Waals surface area contributed by atoms with Crippen LogP contribution in [0.25, 0.3) is 0 Å². The number of methoxy groups -OCH3 is 1. The summed E-state index contributed by atoms with van der Waals surface area (Å²) in [4.78, 5) is 26.4. The highest BCUT2D eigenvalue weighted by molar-refractivity contribution is 5.97. The molecule has 4 heteroatoms. The number of nitrogens with zero attached hydrogens (tertiary/aromatic N) is 1. The Morgan fingerprint density at radius 1 is 1.17 bits per heavy atom. The number of benzene rings is 1. The van der Waals surface area contributed by atoms with Crippen molar-refractivity contribution in [2.75, 3.05) is 7.11 Å². The van der Waals surface area contributed by atoms with Crippen LogP contribution in [0.3, 0.4) is 0 Å². The molecule has 1 aromatic carbocycles. The zero-order valence-corrected chi connectivity index (χ0v) is 13.0. The van der Waals surface area contributed by atoms with Gasteiger partial charge in [-0.3, -0.25) is 9.69 Å². The molecule has 23 heavy (non-hydrogen) atoms. The van der Waals surface area contributed by atoms with Crippen LogP contribution in [0.5, 0.6) is 0 Å². The van der Waals surface area contributed by atoms with E-state index in [4.69, 9.17) is 4.74 Å². The predicted molar refractivity (Wildman–Crippen MR) is 85.2 cm³/mol. The summed E-state index contributed by atoms with van der Waals surface area (Å²) in [6.07, 6.45) is 6.66. The van der Waals surface area contributed by atoms with E-state index in [-0.39, 0.29) is 17.6 Å². The molecule has 1 amide bonds. The number of fused-ring (bicyclic) bond motifs is 5. The number of carbonyl (C=O) groups is 2. The smallest absolute Gasteiger partial charge is 0.414 e. The standard InChI is InChI=1S/C19H19NO3/c1-23-19(22)20(11-12-5-3-2-4-6-12)15-10-16(21)18-14-8-7-13(9-14)17(15)18/h2-8,10,13-14,17-18H,9,11H2,1H3/t13-,14+,17+,18-/m0/s1. The van der Waals surface area contributed by atoms with Crippen LogP contribution in [0.15, 0.2) is 54.3 Å². The minimum Gasteiger partial charge on any atom is -0.452 e. The Labute approximate surface area is 135 Å². The van der Waals surface area contributed by atoms with Gasteiger partial charge in [-0.05, 0) is 23.8 Å². The summed E-state index contributed by atoms with van der Waals surface area (Å²) in [5.41, 5.74) is 1.85. The first-order chi connectivity index (χ1) is 11.2. The van der Waals surface area contributed by atoms with Crippen LogP contribution in [0, 0.1) is 23.7 Å². The largest absolute Gasteiger partial charge is 0.452 e. The summed E-state index contributed by atoms with van der Waals surface area (Å²) < 4.78 is 4.98. The zero-order valence-electron chi connectivity index (χ0n) is 13.0. The fourth-order valence-electron chi connectivity index (χ4n) is 4.35. The Kier molecular flexibility index (Phi) is 3.33. The van der Waals surface area contributed by atoms with Gasteiger partial charge in [-0.1, -0.05) is 42.5 Å². The molecule has 0 radical (unpaired) electrons. The molecule has 1 saturated carbocycles. The van der Waals surface area contributed by atoms with E-state index in [2.05, 4.69) is 12.2 Å². The molecule has 1 fully saturated rings. The van der Waals surface area contributed by atoms with Gasteiger partial charge in [-0.15, -0.1) is 0 Å². The highest BCUT2D eigenvalue weighted by Gasteiger charge is 2.53. The minimum absolute atomic E-state index is 0.0166. The van der Waals surface area contributed by atoms with Crippen LogP contribution in [0.4, 0.5) is 4.79 Å². The van der Waals surface area contributed by atoms with Crippen LogP contribution < -0.4 is 0 Å². The molecule has 4 rings (SSSR count). The number of ether oxygens (including phenoxy) is 1. The van der Waals surface area contributed by atoms with Crippen molar-refractivity contribution in [3.8, 4) is 0 Å². The van der Waals surface area contributed by atoms with Crippen LogP contribution in [-0.2, 0) is 16.1 Å². The molecule has 3 aliphatic rings. The van der Waals surface area contributed by atoms with Gasteiger partial charge in [0.05, 0.1) is 13.7 Å². The van der Waals surface area contributed by atoms with E-state index >= 15 is 0 Å². The minimum atomic E-state index is -0.402. The first-order valence-corrected chi connectivity index (χ1v) is 8.02. The zero-order chi connectivity index (χ0) is 16.0. The summed E-state index contributed by atoms with van der Waals surface area (Å²) in [7, 11) is 1.38. The molecule has 1 aromatic rings. The summed E-state index contributed by atoms with van der Waals surface area (Å²) in [5, 5.41) is 0. The van der Waals surface area contributed by atoms with Crippen molar-refractivity contribution in [3.63, 3.8) is 0 Å². The van der Waals surface area contributed by atoms with Crippen molar-refractivity contribution in [1.82, 2.24) is 4.90 Å². The number of rotatable bonds is 3. The van der Waals surface area contributed by atoms with Gasteiger partial charge in [-0.25, -0.2) is 4.79 Å². The quantitative estimate of drug-likeness (QED) is 0.806. The lowest BCUT2D eigenvalue weighted by Gasteiger charge is -2.30. The van der Waals surface area contributed by atoms with E-state index in [1.165, 1.54) is 7.11 Å². The van der Waals surface area contributed by atoms with E-state index in [9.17, 15) is 9.59 Å². The Bertz CT molecular complexity index is 707. The molecule has 0 saturated heterocycles. The number of allylic oxidation sites excluding steroid dienone is 4. The number of hydrogen-bond acceptors (Lipinski definition) is 3. The SMILES string of the molecule is COC(=O)N(Cc1ccccc1)C1=CC(=O)[C@H]2[C@@H]1[C@H]1C=C[C@@H]2C1. The summed E-state index contributed by atoms with van der Waals surface area (Å²) in [6, 6.07) is 9.79. The van der Waals surface area contributed by atoms with Crippen molar-refractivity contribution in [2.24, 2.45) is 23.7 Å². The van der Waals surface area contributed by atoms with Crippen molar-refractivity contribution < 1.29 is 14.3 Å². The molecule has 0 heterocycles. The average Bonchev–Trinajstić information content (AvgIpc) is 3.27. The molecule has 4 nitrogen and oxygen atoms in total. The Balaban J connectivity index is 1.67. The normalized spacial score (nSPS) is 30.3. The lowest BCUT2D eigenvalue weighted by Crippen LogP contribution is -2.34. The molecule has 3 aliphatic carbocycles. The van der Waals surface area contributed by atoms with Crippen LogP contribution in [-0.4, -0.2) is 23.9 Å². The van der Waals surface area contributed by atoms with E-state index < -0.39 is 6.09 Å². The predicted octanol–water partition coefficient (Wildman–Crippen LogP) is 3.16. The van der Waals surface area contributed by atoms with Gasteiger partial charge in [0.25, 0.3) is 0 Å². The maximum absolute atomic E-state index is 12.4. The monoisotopic (exact) mass is 309 g/mol. The molecular weight excluding hydrogens is 290 g/mol. The molecule has 0 aliphatic heterocycles. The summed E-state index contributed by atoms with van der Waals surface area (Å²) in [6.45, 7) is 0.428. The van der Waals surface area contributed by atoms with E-state index in [1.54, 1.807) is 11.0 Å². The molecule has 2 bridgehead atoms. The van der Waals surface area contributed by atoms with Gasteiger partial charge >= 0.3 is 6.09 Å². The topological polar surface area (TPSA) is 46.6 Å². The Morgan fingerprint density at radius 2 is 1.87 bits per heavy atom. The fraction of sp³-hybridized carbons (Fsp3) is 0.368. The molecule has 4 atom stereocenters. The number of carbonyl (C=O) groups excluding carboxylic acids is 2. The van der Waals surface area contributed by atoms with Crippen LogP contribution >= 0.6 is 0 Å². The highest BCUT2D eigenvalue weighted by Crippen LogP contribution is 2.55. The van der Waals surface area contributed by atoms with Crippen molar-refractivity contribution in [2.45, 2.75) is 13.0 Å². The third kappa shape index (κ3) is 2.21. The average molecular weight is 309 g/mol. The van der Waals surface area contributed by atoms with Gasteiger partial charge in [0.1, 0.15) is 0 Å². The van der Waals surface area contributed by atoms with Crippen molar-refractivity contribution >= 4 is 11.9 Å². The van der Waals surface area contributed by atoms with Gasteiger partial charge in [0, 0.05) is 23.6 Å². The maximum atomic E-state index is 12.4. The molecule has 0 N–H and O–H groups in total. The second-order valence-corrected chi connectivity index (χ2v) is 6.51. The van der Waals surface area contributed by atoms with Gasteiger partial charge in [0.15, 0.2) is 5.78 Å². The van der Waals surface area contributed by atoms with Gasteiger partial charge < -0.3 is 4.74 Å². The molecule has 118 valence electrons. The highest BCUT2D eigenvalue weighted by atomic mass is 16.5. The van der Waals surface area contributed by atoms with E-state index in [0.717, 1.165) is 17.7 Å². The number of hydrogen-bond donors (Lipinski definition) is 0. The lowest BCUT2D eigenvalue weighted by atomic mass is 9.83.